The molecule has 2 aliphatic rings. The number of amides is 1. The van der Waals surface area contributed by atoms with Gasteiger partial charge in [0.25, 0.3) is 0 Å². The minimum absolute atomic E-state index is 0.0268. The minimum atomic E-state index is -0.425. The quantitative estimate of drug-likeness (QED) is 0.881. The zero-order chi connectivity index (χ0) is 19.9. The molecular weight excluding hydrogens is 340 g/mol. The zero-order valence-electron chi connectivity index (χ0n) is 17.5. The van der Waals surface area contributed by atoms with Crippen molar-refractivity contribution in [3.63, 3.8) is 0 Å². The fourth-order valence-electron chi connectivity index (χ4n) is 4.68. The number of hydrogen-bond acceptors (Lipinski definition) is 3. The van der Waals surface area contributed by atoms with Gasteiger partial charge in [0.1, 0.15) is 0 Å². The van der Waals surface area contributed by atoms with Gasteiger partial charge in [-0.25, -0.2) is 0 Å². The van der Waals surface area contributed by atoms with Crippen molar-refractivity contribution in [2.45, 2.75) is 79.4 Å². The van der Waals surface area contributed by atoms with Crippen LogP contribution in [-0.2, 0) is 24.2 Å². The van der Waals surface area contributed by atoms with Crippen LogP contribution in [0.2, 0.25) is 0 Å². The summed E-state index contributed by atoms with van der Waals surface area (Å²) < 4.78 is 2.28. The summed E-state index contributed by atoms with van der Waals surface area (Å²) in [4.78, 5) is 27.7. The molecule has 3 rings (SSSR count). The number of fused-ring (bicyclic) bond motifs is 1. The largest absolute Gasteiger partial charge is 0.391 e. The van der Waals surface area contributed by atoms with Gasteiger partial charge in [0.15, 0.2) is 5.78 Å². The van der Waals surface area contributed by atoms with Crippen LogP contribution >= 0.6 is 0 Å². The number of ketones is 1. The molecule has 0 radical (unpaired) electrons. The predicted octanol–water partition coefficient (Wildman–Crippen LogP) is 3.13. The van der Waals surface area contributed by atoms with E-state index in [-0.39, 0.29) is 23.5 Å². The van der Waals surface area contributed by atoms with Gasteiger partial charge in [-0.2, -0.15) is 0 Å². The van der Waals surface area contributed by atoms with Gasteiger partial charge in [0, 0.05) is 43.0 Å². The Bertz CT molecular complexity index is 745. The lowest BCUT2D eigenvalue weighted by molar-refractivity contribution is -0.133. The van der Waals surface area contributed by atoms with Gasteiger partial charge < -0.3 is 14.6 Å². The van der Waals surface area contributed by atoms with Gasteiger partial charge in [-0.05, 0) is 43.1 Å². The van der Waals surface area contributed by atoms with Crippen LogP contribution in [0, 0.1) is 18.3 Å². The molecule has 5 heteroatoms. The van der Waals surface area contributed by atoms with E-state index in [9.17, 15) is 14.7 Å². The Morgan fingerprint density at radius 2 is 2.00 bits per heavy atom. The summed E-state index contributed by atoms with van der Waals surface area (Å²) in [6.45, 7) is 12.7. The number of carbonyl (C=O) groups is 2. The number of aliphatic hydroxyl groups excluding tert-OH is 1. The molecule has 5 nitrogen and oxygen atoms in total. The number of nitrogens with zero attached hydrogens (tertiary/aromatic N) is 2. The van der Waals surface area contributed by atoms with Crippen LogP contribution in [-0.4, -0.2) is 45.5 Å². The van der Waals surface area contributed by atoms with Crippen molar-refractivity contribution in [2.24, 2.45) is 11.3 Å². The Morgan fingerprint density at radius 1 is 1.30 bits per heavy atom. The molecule has 1 atom stereocenters. The molecule has 1 aliphatic heterocycles. The Kier molecular flexibility index (Phi) is 5.53. The maximum atomic E-state index is 13.0. The second kappa shape index (κ2) is 7.42. The fraction of sp³-hybridized carbons (Fsp3) is 0.727. The second-order valence-electron chi connectivity index (χ2n) is 9.64. The van der Waals surface area contributed by atoms with Crippen LogP contribution < -0.4 is 0 Å². The standard InChI is InChI=1S/C22H34N2O3/c1-14(2)12-24-15(3)17(9-20(27)23-8-6-7-16(25)13-23)21-18(24)10-22(4,5)11-19(21)26/h14,16,25H,6-13H2,1-5H3. The van der Waals surface area contributed by atoms with E-state index < -0.39 is 6.10 Å². The lowest BCUT2D eigenvalue weighted by Crippen LogP contribution is -2.43. The molecule has 1 aliphatic carbocycles. The van der Waals surface area contributed by atoms with E-state index in [4.69, 9.17) is 0 Å². The van der Waals surface area contributed by atoms with E-state index in [0.717, 1.165) is 48.3 Å². The highest BCUT2D eigenvalue weighted by molar-refractivity contribution is 6.01. The lowest BCUT2D eigenvalue weighted by atomic mass is 9.75. The van der Waals surface area contributed by atoms with Crippen LogP contribution in [0.25, 0.3) is 0 Å². The number of hydrogen-bond donors (Lipinski definition) is 1. The molecule has 1 aromatic rings. The van der Waals surface area contributed by atoms with Gasteiger partial charge >= 0.3 is 0 Å². The summed E-state index contributed by atoms with van der Waals surface area (Å²) in [6.07, 6.45) is 2.85. The number of rotatable bonds is 4. The van der Waals surface area contributed by atoms with Crippen LogP contribution in [0.5, 0.6) is 0 Å². The van der Waals surface area contributed by atoms with Crippen molar-refractivity contribution in [1.82, 2.24) is 9.47 Å². The van der Waals surface area contributed by atoms with Gasteiger partial charge in [0.2, 0.25) is 5.91 Å². The first-order valence-electron chi connectivity index (χ1n) is 10.3. The Labute approximate surface area is 162 Å². The van der Waals surface area contributed by atoms with Gasteiger partial charge in [-0.1, -0.05) is 27.7 Å². The molecule has 0 saturated carbocycles. The highest BCUT2D eigenvalue weighted by Crippen LogP contribution is 2.39. The first-order chi connectivity index (χ1) is 12.6. The van der Waals surface area contributed by atoms with Crippen LogP contribution in [0.1, 0.15) is 74.3 Å². The lowest BCUT2D eigenvalue weighted by Gasteiger charge is -2.31. The monoisotopic (exact) mass is 374 g/mol. The number of β-amino-alcohol motifs (C(OH)–C–C–N with tert-alkyl or cyclic N) is 1. The van der Waals surface area contributed by atoms with Gasteiger partial charge in [0.05, 0.1) is 12.5 Å². The number of aliphatic hydroxyl groups is 1. The summed E-state index contributed by atoms with van der Waals surface area (Å²) in [5, 5.41) is 9.89. The molecule has 1 fully saturated rings. The molecule has 2 heterocycles. The predicted molar refractivity (Wildman–Crippen MR) is 106 cm³/mol. The number of carbonyl (C=O) groups excluding carboxylic acids is 2. The smallest absolute Gasteiger partial charge is 0.227 e. The van der Waals surface area contributed by atoms with E-state index >= 15 is 0 Å². The Morgan fingerprint density at radius 3 is 2.63 bits per heavy atom. The molecule has 1 unspecified atom stereocenters. The van der Waals surface area contributed by atoms with Crippen LogP contribution in [0.3, 0.4) is 0 Å². The van der Waals surface area contributed by atoms with Crippen molar-refractivity contribution < 1.29 is 14.7 Å². The summed E-state index contributed by atoms with van der Waals surface area (Å²) >= 11 is 0. The SMILES string of the molecule is Cc1c(CC(=O)N2CCCC(O)C2)c2c(n1CC(C)C)CC(C)(C)CC2=O. The molecule has 27 heavy (non-hydrogen) atoms. The molecule has 0 aromatic carbocycles. The number of likely N-dealkylation sites (tertiary alicyclic amines) is 1. The number of piperidine rings is 1. The molecule has 0 spiro atoms. The van der Waals surface area contributed by atoms with E-state index in [1.54, 1.807) is 4.90 Å². The molecular formula is C22H34N2O3. The third kappa shape index (κ3) is 4.13. The zero-order valence-corrected chi connectivity index (χ0v) is 17.5. The van der Waals surface area contributed by atoms with Crippen molar-refractivity contribution in [2.75, 3.05) is 13.1 Å². The number of Topliss-reactive ketones (excluding diaryl/α,β-unsaturated/α-hetero) is 1. The Balaban J connectivity index is 1.96. The van der Waals surface area contributed by atoms with Crippen molar-refractivity contribution in [1.29, 1.82) is 0 Å². The third-order valence-corrected chi connectivity index (χ3v) is 5.95. The maximum Gasteiger partial charge on any atom is 0.227 e. The van der Waals surface area contributed by atoms with E-state index in [1.165, 1.54) is 0 Å². The van der Waals surface area contributed by atoms with Crippen LogP contribution in [0.15, 0.2) is 0 Å². The molecule has 1 N–H and O–H groups in total. The molecule has 1 aromatic heterocycles. The van der Waals surface area contributed by atoms with Gasteiger partial charge in [-0.15, -0.1) is 0 Å². The minimum Gasteiger partial charge on any atom is -0.391 e. The van der Waals surface area contributed by atoms with Crippen molar-refractivity contribution in [3.8, 4) is 0 Å². The number of aromatic nitrogens is 1. The molecule has 150 valence electrons. The summed E-state index contributed by atoms with van der Waals surface area (Å²) in [6, 6.07) is 0. The average molecular weight is 375 g/mol. The fourth-order valence-corrected chi connectivity index (χ4v) is 4.68. The summed E-state index contributed by atoms with van der Waals surface area (Å²) in [7, 11) is 0. The van der Waals surface area contributed by atoms with Crippen molar-refractivity contribution >= 4 is 11.7 Å². The topological polar surface area (TPSA) is 62.5 Å². The maximum absolute atomic E-state index is 13.0. The summed E-state index contributed by atoms with van der Waals surface area (Å²) in [5.74, 6) is 0.674. The highest BCUT2D eigenvalue weighted by atomic mass is 16.3. The molecule has 1 saturated heterocycles. The summed E-state index contributed by atoms with van der Waals surface area (Å²) in [5.41, 5.74) is 3.85. The van der Waals surface area contributed by atoms with Crippen molar-refractivity contribution in [3.05, 3.63) is 22.5 Å². The Hall–Kier alpha value is -1.62. The van der Waals surface area contributed by atoms with Gasteiger partial charge in [-0.3, -0.25) is 9.59 Å². The van der Waals surface area contributed by atoms with E-state index in [1.807, 2.05) is 0 Å². The highest BCUT2D eigenvalue weighted by Gasteiger charge is 2.37. The normalized spacial score (nSPS) is 22.3. The third-order valence-electron chi connectivity index (χ3n) is 5.95. The second-order valence-corrected chi connectivity index (χ2v) is 9.64. The molecule has 1 amide bonds. The molecule has 0 bridgehead atoms. The first-order valence-corrected chi connectivity index (χ1v) is 10.3. The van der Waals surface area contributed by atoms with Crippen LogP contribution in [0.4, 0.5) is 0 Å². The first kappa shape index (κ1) is 20.1. The van der Waals surface area contributed by atoms with E-state index in [2.05, 4.69) is 39.2 Å². The average Bonchev–Trinajstić information content (AvgIpc) is 2.79. The van der Waals surface area contributed by atoms with E-state index in [0.29, 0.717) is 25.4 Å².